The van der Waals surface area contributed by atoms with E-state index in [1.807, 2.05) is 13.0 Å². The molecular formula is C20H21N3O4. The largest absolute Gasteiger partial charge is 0.491 e. The van der Waals surface area contributed by atoms with Gasteiger partial charge in [-0.1, -0.05) is 6.92 Å². The van der Waals surface area contributed by atoms with Crippen molar-refractivity contribution in [3.63, 3.8) is 0 Å². The number of nitrogens with one attached hydrogen (secondary N) is 1. The van der Waals surface area contributed by atoms with Gasteiger partial charge < -0.3 is 14.8 Å². The molecule has 1 N–H and O–H groups in total. The number of urea groups is 1. The number of hydrogen-bond donors (Lipinski definition) is 1. The van der Waals surface area contributed by atoms with Gasteiger partial charge in [-0.25, -0.2) is 4.79 Å². The zero-order valence-corrected chi connectivity index (χ0v) is 15.2. The Morgan fingerprint density at radius 1 is 1.37 bits per heavy atom. The number of rotatable bonds is 4. The lowest BCUT2D eigenvalue weighted by Crippen LogP contribution is -2.52. The normalized spacial score (nSPS) is 29.6. The fourth-order valence-electron chi connectivity index (χ4n) is 4.43. The molecule has 7 heteroatoms. The summed E-state index contributed by atoms with van der Waals surface area (Å²) in [5.74, 6) is 1.32. The number of imide groups is 1. The van der Waals surface area contributed by atoms with Gasteiger partial charge in [-0.15, -0.1) is 0 Å². The van der Waals surface area contributed by atoms with Gasteiger partial charge in [-0.3, -0.25) is 9.69 Å². The lowest BCUT2D eigenvalue weighted by molar-refractivity contribution is -0.131. The van der Waals surface area contributed by atoms with Crippen LogP contribution in [0.5, 0.6) is 11.5 Å². The van der Waals surface area contributed by atoms with Crippen LogP contribution in [0.4, 0.5) is 4.79 Å². The molecule has 0 radical (unpaired) electrons. The molecule has 1 aromatic rings. The van der Waals surface area contributed by atoms with Crippen LogP contribution in [0.15, 0.2) is 12.1 Å². The molecule has 27 heavy (non-hydrogen) atoms. The van der Waals surface area contributed by atoms with Crippen molar-refractivity contribution in [1.82, 2.24) is 10.2 Å². The van der Waals surface area contributed by atoms with Crippen LogP contribution in [-0.2, 0) is 10.2 Å². The van der Waals surface area contributed by atoms with Gasteiger partial charge >= 0.3 is 6.03 Å². The van der Waals surface area contributed by atoms with Gasteiger partial charge in [0.1, 0.15) is 29.7 Å². The van der Waals surface area contributed by atoms with Gasteiger partial charge in [0, 0.05) is 29.9 Å². The van der Waals surface area contributed by atoms with E-state index < -0.39 is 6.04 Å². The zero-order chi connectivity index (χ0) is 18.8. The fraction of sp³-hybridized carbons (Fsp3) is 0.550. The minimum absolute atomic E-state index is 0.0137. The minimum atomic E-state index is -0.397. The van der Waals surface area contributed by atoms with Crippen molar-refractivity contribution >= 4 is 11.9 Å². The molecule has 0 bridgehead atoms. The van der Waals surface area contributed by atoms with E-state index in [1.54, 1.807) is 6.07 Å². The summed E-state index contributed by atoms with van der Waals surface area (Å²) in [5, 5.41) is 12.1. The van der Waals surface area contributed by atoms with Gasteiger partial charge in [0.25, 0.3) is 5.91 Å². The van der Waals surface area contributed by atoms with Crippen LogP contribution in [0.2, 0.25) is 0 Å². The Hall–Kier alpha value is -2.75. The van der Waals surface area contributed by atoms with Crippen molar-refractivity contribution in [3.8, 4) is 17.6 Å². The second-order valence-corrected chi connectivity index (χ2v) is 7.98. The summed E-state index contributed by atoms with van der Waals surface area (Å²) in [6.07, 6.45) is 3.95. The molecule has 0 unspecified atom stereocenters. The van der Waals surface area contributed by atoms with Crippen molar-refractivity contribution in [2.45, 2.75) is 62.6 Å². The van der Waals surface area contributed by atoms with Crippen molar-refractivity contribution in [2.75, 3.05) is 6.61 Å². The van der Waals surface area contributed by atoms with Gasteiger partial charge in [0.05, 0.1) is 12.2 Å². The first-order chi connectivity index (χ1) is 13.1. The fourth-order valence-corrected chi connectivity index (χ4v) is 4.43. The molecule has 4 aliphatic rings. The second kappa shape index (κ2) is 5.62. The second-order valence-electron chi connectivity index (χ2n) is 7.98. The van der Waals surface area contributed by atoms with Gasteiger partial charge in [0.15, 0.2) is 0 Å². The summed E-state index contributed by atoms with van der Waals surface area (Å²) in [6, 6.07) is 5.01. The molecule has 3 fully saturated rings. The predicted octanol–water partition coefficient (Wildman–Crippen LogP) is 2.22. The number of nitriles is 1. The lowest BCUT2D eigenvalue weighted by Gasteiger charge is -2.39. The summed E-state index contributed by atoms with van der Waals surface area (Å²) in [7, 11) is 0. The van der Waals surface area contributed by atoms with E-state index in [1.165, 1.54) is 4.90 Å². The van der Waals surface area contributed by atoms with Crippen molar-refractivity contribution in [1.29, 1.82) is 5.26 Å². The third kappa shape index (κ3) is 2.32. The molecule has 0 aromatic heterocycles. The maximum Gasteiger partial charge on any atom is 0.325 e. The number of nitrogens with zero attached hydrogens (tertiary/aromatic N) is 2. The summed E-state index contributed by atoms with van der Waals surface area (Å²) in [6.45, 7) is 2.51. The minimum Gasteiger partial charge on any atom is -0.491 e. The summed E-state index contributed by atoms with van der Waals surface area (Å²) < 4.78 is 12.0. The van der Waals surface area contributed by atoms with Crippen LogP contribution in [-0.4, -0.2) is 41.6 Å². The number of fused-ring (bicyclic) bond motifs is 2. The van der Waals surface area contributed by atoms with Crippen LogP contribution in [0.25, 0.3) is 0 Å². The number of amides is 3. The Morgan fingerprint density at radius 3 is 2.78 bits per heavy atom. The first kappa shape index (κ1) is 16.4. The Balaban J connectivity index is 1.31. The maximum absolute atomic E-state index is 12.3. The predicted molar refractivity (Wildman–Crippen MR) is 94.5 cm³/mol. The molecular weight excluding hydrogens is 346 g/mol. The highest BCUT2D eigenvalue weighted by atomic mass is 16.5. The topological polar surface area (TPSA) is 91.7 Å². The highest BCUT2D eigenvalue weighted by molar-refractivity contribution is 6.04. The molecule has 2 aliphatic carbocycles. The number of carbonyl (C=O) groups is 2. The quantitative estimate of drug-likeness (QED) is 0.824. The Morgan fingerprint density at radius 2 is 2.15 bits per heavy atom. The molecule has 2 aliphatic heterocycles. The molecule has 1 spiro atoms. The highest BCUT2D eigenvalue weighted by Crippen LogP contribution is 2.59. The number of carbonyl (C=O) groups excluding carboxylic acids is 2. The zero-order valence-electron chi connectivity index (χ0n) is 15.2. The summed E-state index contributed by atoms with van der Waals surface area (Å²) >= 11 is 0. The highest BCUT2D eigenvalue weighted by Gasteiger charge is 2.54. The Bertz CT molecular complexity index is 880. The molecule has 1 saturated heterocycles. The van der Waals surface area contributed by atoms with Crippen molar-refractivity contribution < 1.29 is 19.1 Å². The van der Waals surface area contributed by atoms with E-state index in [0.29, 0.717) is 37.2 Å². The van der Waals surface area contributed by atoms with Gasteiger partial charge in [-0.05, 0) is 31.4 Å². The lowest BCUT2D eigenvalue weighted by atomic mass is 9.87. The molecule has 1 aromatic carbocycles. The number of benzene rings is 1. The Labute approximate surface area is 157 Å². The van der Waals surface area contributed by atoms with E-state index in [0.717, 1.165) is 24.2 Å². The van der Waals surface area contributed by atoms with E-state index >= 15 is 0 Å². The molecule has 140 valence electrons. The summed E-state index contributed by atoms with van der Waals surface area (Å²) in [4.78, 5) is 25.8. The SMILES string of the molecule is CC[C@@H]1NC(=O)N(C2CC(Oc3ccc(C#N)c4c3C3(CC3)CO4)C2)C1=O. The Kier molecular flexibility index (Phi) is 3.42. The van der Waals surface area contributed by atoms with Gasteiger partial charge in [0.2, 0.25) is 0 Å². The van der Waals surface area contributed by atoms with Crippen LogP contribution >= 0.6 is 0 Å². The maximum atomic E-state index is 12.3. The van der Waals surface area contributed by atoms with E-state index in [-0.39, 0.29) is 29.5 Å². The standard InChI is InChI=1S/C20H21N3O4/c1-2-14-18(24)23(19(25)22-14)12-7-13(8-12)27-15-4-3-11(9-21)17-16(15)20(5-6-20)10-26-17/h3-4,12-14H,2,5-8,10H2,1H3,(H,22,25)/t12?,13?,14-/m0/s1. The van der Waals surface area contributed by atoms with Gasteiger partial charge in [-0.2, -0.15) is 5.26 Å². The first-order valence-electron chi connectivity index (χ1n) is 9.57. The van der Waals surface area contributed by atoms with E-state index in [4.69, 9.17) is 9.47 Å². The van der Waals surface area contributed by atoms with Crippen LogP contribution in [0.1, 0.15) is 50.2 Å². The van der Waals surface area contributed by atoms with Crippen LogP contribution in [0.3, 0.4) is 0 Å². The molecule has 5 rings (SSSR count). The van der Waals surface area contributed by atoms with Crippen LogP contribution < -0.4 is 14.8 Å². The third-order valence-corrected chi connectivity index (χ3v) is 6.31. The van der Waals surface area contributed by atoms with Crippen LogP contribution in [0, 0.1) is 11.3 Å². The molecule has 2 saturated carbocycles. The number of hydrogen-bond acceptors (Lipinski definition) is 5. The third-order valence-electron chi connectivity index (χ3n) is 6.31. The average molecular weight is 367 g/mol. The monoisotopic (exact) mass is 367 g/mol. The summed E-state index contributed by atoms with van der Waals surface area (Å²) in [5.41, 5.74) is 1.60. The van der Waals surface area contributed by atoms with E-state index in [9.17, 15) is 14.9 Å². The van der Waals surface area contributed by atoms with E-state index in [2.05, 4.69) is 11.4 Å². The first-order valence-corrected chi connectivity index (χ1v) is 9.57. The number of ether oxygens (including phenoxy) is 2. The average Bonchev–Trinajstić information content (AvgIpc) is 3.23. The van der Waals surface area contributed by atoms with Crippen molar-refractivity contribution in [2.24, 2.45) is 0 Å². The molecule has 2 heterocycles. The smallest absolute Gasteiger partial charge is 0.325 e. The van der Waals surface area contributed by atoms with Crippen molar-refractivity contribution in [3.05, 3.63) is 23.3 Å². The molecule has 1 atom stereocenters. The molecule has 7 nitrogen and oxygen atoms in total. The molecule has 3 amide bonds.